The monoisotopic (exact) mass is 462 g/mol. The highest BCUT2D eigenvalue weighted by molar-refractivity contribution is 5.88. The van der Waals surface area contributed by atoms with E-state index in [4.69, 9.17) is 14.2 Å². The summed E-state index contributed by atoms with van der Waals surface area (Å²) in [5.41, 5.74) is 2.88. The lowest BCUT2D eigenvalue weighted by Crippen LogP contribution is -2.38. The number of aromatic amines is 1. The first-order chi connectivity index (χ1) is 16.6. The van der Waals surface area contributed by atoms with Crippen LogP contribution in [-0.2, 0) is 0 Å². The van der Waals surface area contributed by atoms with Crippen molar-refractivity contribution in [3.05, 3.63) is 48.4 Å². The van der Waals surface area contributed by atoms with Gasteiger partial charge in [0.15, 0.2) is 11.5 Å². The summed E-state index contributed by atoms with van der Waals surface area (Å²) >= 11 is 0. The summed E-state index contributed by atoms with van der Waals surface area (Å²) in [7, 11) is 1.59. The van der Waals surface area contributed by atoms with Crippen molar-refractivity contribution in [1.29, 1.82) is 0 Å². The minimum Gasteiger partial charge on any atom is -0.493 e. The fourth-order valence-electron chi connectivity index (χ4n) is 4.49. The fourth-order valence-corrected chi connectivity index (χ4v) is 4.49. The molecule has 8 heteroatoms. The number of rotatable bonds is 8. The highest BCUT2D eigenvalue weighted by Crippen LogP contribution is 2.36. The molecule has 0 radical (unpaired) electrons. The molecule has 8 nitrogen and oxygen atoms in total. The highest BCUT2D eigenvalue weighted by atomic mass is 16.5. The molecule has 0 spiro atoms. The van der Waals surface area contributed by atoms with Gasteiger partial charge in [0.1, 0.15) is 24.8 Å². The zero-order valence-corrected chi connectivity index (χ0v) is 19.6. The van der Waals surface area contributed by atoms with Crippen molar-refractivity contribution in [2.45, 2.75) is 32.3 Å². The SMILES string of the molecule is COc1cc2c(Oc3ccc4[nH]cc(C)c4c3)ncnc2cc1OCC(O)CN1CCCCC1. The molecule has 2 N–H and O–H groups in total. The first kappa shape index (κ1) is 22.4. The van der Waals surface area contributed by atoms with E-state index in [2.05, 4.69) is 26.8 Å². The second-order valence-electron chi connectivity index (χ2n) is 8.81. The molecule has 0 amide bonds. The first-order valence-electron chi connectivity index (χ1n) is 11.7. The Balaban J connectivity index is 1.35. The molecular weight excluding hydrogens is 432 g/mol. The van der Waals surface area contributed by atoms with Crippen LogP contribution in [0.4, 0.5) is 0 Å². The Kier molecular flexibility index (Phi) is 6.51. The number of nitrogens with one attached hydrogen (secondary N) is 1. The molecule has 34 heavy (non-hydrogen) atoms. The summed E-state index contributed by atoms with van der Waals surface area (Å²) in [6, 6.07) is 9.51. The van der Waals surface area contributed by atoms with Gasteiger partial charge in [0.05, 0.1) is 18.0 Å². The third kappa shape index (κ3) is 4.78. The van der Waals surface area contributed by atoms with Crippen LogP contribution in [0.2, 0.25) is 0 Å². The quantitative estimate of drug-likeness (QED) is 0.400. The van der Waals surface area contributed by atoms with Crippen LogP contribution >= 0.6 is 0 Å². The molecular formula is C26H30N4O4. The van der Waals surface area contributed by atoms with Crippen molar-refractivity contribution >= 4 is 21.8 Å². The van der Waals surface area contributed by atoms with Crippen LogP contribution in [0.25, 0.3) is 21.8 Å². The van der Waals surface area contributed by atoms with Gasteiger partial charge in [0.25, 0.3) is 0 Å². The summed E-state index contributed by atoms with van der Waals surface area (Å²) in [6.07, 6.45) is 6.52. The Morgan fingerprint density at radius 2 is 1.91 bits per heavy atom. The van der Waals surface area contributed by atoms with Gasteiger partial charge in [0, 0.05) is 29.7 Å². The lowest BCUT2D eigenvalue weighted by Gasteiger charge is -2.28. The van der Waals surface area contributed by atoms with Crippen LogP contribution in [0.1, 0.15) is 24.8 Å². The van der Waals surface area contributed by atoms with E-state index in [1.807, 2.05) is 30.5 Å². The van der Waals surface area contributed by atoms with Crippen LogP contribution in [0.5, 0.6) is 23.1 Å². The van der Waals surface area contributed by atoms with Crippen LogP contribution < -0.4 is 14.2 Å². The van der Waals surface area contributed by atoms with E-state index in [0.717, 1.165) is 29.6 Å². The zero-order valence-electron chi connectivity index (χ0n) is 19.6. The van der Waals surface area contributed by atoms with Gasteiger partial charge in [-0.2, -0.15) is 0 Å². The number of aliphatic hydroxyl groups is 1. The maximum Gasteiger partial charge on any atom is 0.230 e. The van der Waals surface area contributed by atoms with E-state index < -0.39 is 6.10 Å². The molecule has 0 aliphatic carbocycles. The predicted octanol–water partition coefficient (Wildman–Crippen LogP) is 4.45. The number of ether oxygens (including phenoxy) is 3. The normalized spacial score (nSPS) is 15.5. The van der Waals surface area contributed by atoms with E-state index >= 15 is 0 Å². The number of piperidine rings is 1. The molecule has 5 rings (SSSR count). The maximum atomic E-state index is 10.5. The molecule has 0 saturated carbocycles. The third-order valence-corrected chi connectivity index (χ3v) is 6.31. The van der Waals surface area contributed by atoms with Crippen molar-refractivity contribution < 1.29 is 19.3 Å². The number of fused-ring (bicyclic) bond motifs is 2. The number of benzene rings is 2. The van der Waals surface area contributed by atoms with Crippen molar-refractivity contribution in [3.63, 3.8) is 0 Å². The van der Waals surface area contributed by atoms with E-state index in [0.29, 0.717) is 40.6 Å². The number of nitrogens with zero attached hydrogens (tertiary/aromatic N) is 3. The Morgan fingerprint density at radius 1 is 1.06 bits per heavy atom. The maximum absolute atomic E-state index is 10.5. The number of hydrogen-bond donors (Lipinski definition) is 2. The molecule has 2 aromatic heterocycles. The van der Waals surface area contributed by atoms with Crippen molar-refractivity contribution in [2.24, 2.45) is 0 Å². The molecule has 1 saturated heterocycles. The average molecular weight is 463 g/mol. The number of aryl methyl sites for hydroxylation is 1. The molecule has 1 unspecified atom stereocenters. The Bertz CT molecular complexity index is 1280. The zero-order chi connectivity index (χ0) is 23.5. The second kappa shape index (κ2) is 9.87. The molecule has 1 aliphatic rings. The highest BCUT2D eigenvalue weighted by Gasteiger charge is 2.18. The first-order valence-corrected chi connectivity index (χ1v) is 11.7. The van der Waals surface area contributed by atoms with Crippen LogP contribution in [0.3, 0.4) is 0 Å². The van der Waals surface area contributed by atoms with Gasteiger partial charge in [-0.3, -0.25) is 0 Å². The van der Waals surface area contributed by atoms with Crippen LogP contribution in [-0.4, -0.2) is 64.4 Å². The number of aliphatic hydroxyl groups excluding tert-OH is 1. The molecule has 4 aromatic rings. The van der Waals surface area contributed by atoms with E-state index in [9.17, 15) is 5.11 Å². The number of H-pyrrole nitrogens is 1. The van der Waals surface area contributed by atoms with Gasteiger partial charge in [-0.1, -0.05) is 6.42 Å². The molecule has 178 valence electrons. The third-order valence-electron chi connectivity index (χ3n) is 6.31. The van der Waals surface area contributed by atoms with E-state index in [-0.39, 0.29) is 6.61 Å². The Labute approximate surface area is 198 Å². The molecule has 1 atom stereocenters. The van der Waals surface area contributed by atoms with E-state index in [1.165, 1.54) is 25.6 Å². The number of β-amino-alcohol motifs (C(OH)–C–C–N with tert-alkyl or cyclic N) is 1. The topological polar surface area (TPSA) is 92.7 Å². The molecule has 3 heterocycles. The summed E-state index contributed by atoms with van der Waals surface area (Å²) in [5.74, 6) is 2.19. The molecule has 2 aromatic carbocycles. The molecule has 0 bridgehead atoms. The van der Waals surface area contributed by atoms with E-state index in [1.54, 1.807) is 13.2 Å². The smallest absolute Gasteiger partial charge is 0.230 e. The standard InChI is InChI=1S/C26H30N4O4/c1-17-13-27-22-7-6-19(10-20(17)22)34-26-21-11-24(32-2)25(12-23(21)28-16-29-26)33-15-18(31)14-30-8-4-3-5-9-30/h6-7,10-13,16,18,27,31H,3-5,8-9,14-15H2,1-2H3. The lowest BCUT2D eigenvalue weighted by atomic mass is 10.1. The summed E-state index contributed by atoms with van der Waals surface area (Å²) in [6.45, 7) is 4.92. The minimum atomic E-state index is -0.574. The fraction of sp³-hybridized carbons (Fsp3) is 0.385. The van der Waals surface area contributed by atoms with Gasteiger partial charge < -0.3 is 29.2 Å². The Hall–Kier alpha value is -3.36. The predicted molar refractivity (Wildman–Crippen MR) is 131 cm³/mol. The molecule has 1 aliphatic heterocycles. The van der Waals surface area contributed by atoms with Gasteiger partial charge in [-0.05, 0) is 62.7 Å². The second-order valence-corrected chi connectivity index (χ2v) is 8.81. The van der Waals surface area contributed by atoms with Gasteiger partial charge in [0.2, 0.25) is 5.88 Å². The summed E-state index contributed by atoms with van der Waals surface area (Å²) in [4.78, 5) is 14.3. The number of aromatic nitrogens is 3. The summed E-state index contributed by atoms with van der Waals surface area (Å²) in [5, 5.41) is 12.3. The van der Waals surface area contributed by atoms with Crippen molar-refractivity contribution in [3.8, 4) is 23.1 Å². The largest absolute Gasteiger partial charge is 0.493 e. The van der Waals surface area contributed by atoms with Crippen LogP contribution in [0, 0.1) is 6.92 Å². The number of hydrogen-bond acceptors (Lipinski definition) is 7. The minimum absolute atomic E-state index is 0.183. The lowest BCUT2D eigenvalue weighted by molar-refractivity contribution is 0.0609. The number of methoxy groups -OCH3 is 1. The van der Waals surface area contributed by atoms with Crippen LogP contribution in [0.15, 0.2) is 42.9 Å². The van der Waals surface area contributed by atoms with Gasteiger partial charge in [-0.15, -0.1) is 0 Å². The van der Waals surface area contributed by atoms with Gasteiger partial charge >= 0.3 is 0 Å². The Morgan fingerprint density at radius 3 is 2.74 bits per heavy atom. The summed E-state index contributed by atoms with van der Waals surface area (Å²) < 4.78 is 17.7. The average Bonchev–Trinajstić information content (AvgIpc) is 3.23. The van der Waals surface area contributed by atoms with Gasteiger partial charge in [-0.25, -0.2) is 9.97 Å². The molecule has 1 fully saturated rings. The van der Waals surface area contributed by atoms with Crippen molar-refractivity contribution in [1.82, 2.24) is 19.9 Å². The number of likely N-dealkylation sites (tertiary alicyclic amines) is 1. The van der Waals surface area contributed by atoms with Crippen molar-refractivity contribution in [2.75, 3.05) is 33.4 Å².